The smallest absolute Gasteiger partial charge is 0.305 e. The molecule has 0 spiro atoms. The monoisotopic (exact) mass is 656 g/mol. The maximum Gasteiger partial charge on any atom is 0.305 e. The highest BCUT2D eigenvalue weighted by molar-refractivity contribution is 7.13. The van der Waals surface area contributed by atoms with Crippen LogP contribution in [0.15, 0.2) is 29.8 Å². The van der Waals surface area contributed by atoms with Crippen LogP contribution in [0, 0.1) is 12.3 Å². The summed E-state index contributed by atoms with van der Waals surface area (Å²) in [5.41, 5.74) is 4.18. The molecule has 1 aromatic heterocycles. The van der Waals surface area contributed by atoms with E-state index in [9.17, 15) is 24.3 Å². The van der Waals surface area contributed by atoms with E-state index in [1.807, 2.05) is 64.4 Å². The summed E-state index contributed by atoms with van der Waals surface area (Å²) in [4.78, 5) is 58.6. The van der Waals surface area contributed by atoms with Gasteiger partial charge in [-0.15, -0.1) is 11.3 Å². The average Bonchev–Trinajstić information content (AvgIpc) is 3.61. The Hall–Kier alpha value is -3.31. The summed E-state index contributed by atoms with van der Waals surface area (Å²) in [7, 11) is 0. The zero-order chi connectivity index (χ0) is 33.9. The molecule has 46 heavy (non-hydrogen) atoms. The van der Waals surface area contributed by atoms with Gasteiger partial charge in [-0.3, -0.25) is 19.2 Å². The van der Waals surface area contributed by atoms with Crippen LogP contribution in [0.1, 0.15) is 110 Å². The Morgan fingerprint density at radius 2 is 1.65 bits per heavy atom. The molecule has 0 radical (unpaired) electrons. The lowest BCUT2D eigenvalue weighted by molar-refractivity contribution is -0.144. The van der Waals surface area contributed by atoms with Crippen molar-refractivity contribution in [2.75, 3.05) is 13.2 Å². The Morgan fingerprint density at radius 1 is 1.02 bits per heavy atom. The summed E-state index contributed by atoms with van der Waals surface area (Å²) in [5.74, 6) is -1.06. The largest absolute Gasteiger partial charge is 0.466 e. The predicted molar refractivity (Wildman–Crippen MR) is 180 cm³/mol. The van der Waals surface area contributed by atoms with Crippen molar-refractivity contribution in [1.29, 1.82) is 0 Å². The first kappa shape index (κ1) is 37.2. The minimum Gasteiger partial charge on any atom is -0.466 e. The minimum absolute atomic E-state index is 0.0345. The molecule has 1 fully saturated rings. The van der Waals surface area contributed by atoms with Crippen LogP contribution in [0.2, 0.25) is 0 Å². The number of amides is 3. The molecule has 10 nitrogen and oxygen atoms in total. The first-order valence-corrected chi connectivity index (χ1v) is 17.4. The van der Waals surface area contributed by atoms with Gasteiger partial charge in [-0.2, -0.15) is 0 Å². The Balaban J connectivity index is 1.52. The average molecular weight is 657 g/mol. The molecule has 3 amide bonds. The number of hydrogen-bond acceptors (Lipinski definition) is 8. The molecule has 254 valence electrons. The fraction of sp³-hybridized carbons (Fsp3) is 0.629. The zero-order valence-electron chi connectivity index (χ0n) is 28.3. The van der Waals surface area contributed by atoms with Crippen LogP contribution < -0.4 is 10.6 Å². The zero-order valence-corrected chi connectivity index (χ0v) is 29.1. The van der Waals surface area contributed by atoms with Crippen molar-refractivity contribution >= 4 is 35.0 Å². The third-order valence-electron chi connectivity index (χ3n) is 8.40. The number of carbonyl (C=O) groups excluding carboxylic acids is 4. The predicted octanol–water partition coefficient (Wildman–Crippen LogP) is 5.47. The number of benzene rings is 1. The summed E-state index contributed by atoms with van der Waals surface area (Å²) in [6.07, 6.45) is 5.33. The van der Waals surface area contributed by atoms with Crippen LogP contribution in [0.25, 0.3) is 10.4 Å². The maximum atomic E-state index is 13.9. The standard InChI is InChI=1S/C35H52N4O6S/c1-7-45-30(42)15-13-11-9-8-10-12-14-29(41)38-32(35(4,5)6)34(44)39-21-27(40)20-28(39)33(43)37-23(2)25-16-18-26(19-17-25)31-24(3)36-22-46-31/h16-19,22-23,27-28,32,40H,7-15,20-21H2,1-6H3,(H,37,43)(H,38,41). The van der Waals surface area contributed by atoms with Gasteiger partial charge in [-0.25, -0.2) is 4.98 Å². The van der Waals surface area contributed by atoms with Gasteiger partial charge in [0.25, 0.3) is 0 Å². The number of aromatic nitrogens is 1. The molecule has 2 aromatic rings. The lowest BCUT2D eigenvalue weighted by Gasteiger charge is -2.35. The van der Waals surface area contributed by atoms with E-state index in [0.29, 0.717) is 25.9 Å². The van der Waals surface area contributed by atoms with E-state index < -0.39 is 23.6 Å². The van der Waals surface area contributed by atoms with E-state index in [1.54, 1.807) is 18.3 Å². The summed E-state index contributed by atoms with van der Waals surface area (Å²) in [5, 5.41) is 16.5. The minimum atomic E-state index is -0.844. The lowest BCUT2D eigenvalue weighted by atomic mass is 9.85. The second kappa shape index (κ2) is 17.6. The van der Waals surface area contributed by atoms with E-state index in [4.69, 9.17) is 4.74 Å². The van der Waals surface area contributed by atoms with Gasteiger partial charge in [0.2, 0.25) is 17.7 Å². The number of hydrogen-bond donors (Lipinski definition) is 3. The first-order valence-electron chi connectivity index (χ1n) is 16.6. The van der Waals surface area contributed by atoms with Crippen molar-refractivity contribution in [2.45, 2.75) is 124 Å². The number of unbranched alkanes of at least 4 members (excludes halogenated alkanes) is 5. The van der Waals surface area contributed by atoms with Gasteiger partial charge in [-0.1, -0.05) is 70.7 Å². The molecule has 2 heterocycles. The van der Waals surface area contributed by atoms with Gasteiger partial charge in [0.15, 0.2) is 0 Å². The van der Waals surface area contributed by atoms with Gasteiger partial charge in [0.05, 0.1) is 34.8 Å². The summed E-state index contributed by atoms with van der Waals surface area (Å²) >= 11 is 1.58. The Morgan fingerprint density at radius 3 is 2.24 bits per heavy atom. The van der Waals surface area contributed by atoms with Gasteiger partial charge < -0.3 is 25.4 Å². The molecule has 0 aliphatic carbocycles. The molecular formula is C35H52N4O6S. The molecule has 1 aliphatic heterocycles. The fourth-order valence-electron chi connectivity index (χ4n) is 5.74. The van der Waals surface area contributed by atoms with Crippen molar-refractivity contribution in [2.24, 2.45) is 5.41 Å². The number of esters is 1. The van der Waals surface area contributed by atoms with E-state index >= 15 is 0 Å². The highest BCUT2D eigenvalue weighted by Crippen LogP contribution is 2.29. The van der Waals surface area contributed by atoms with Crippen molar-refractivity contribution in [3.05, 3.63) is 41.0 Å². The molecule has 0 bridgehead atoms. The van der Waals surface area contributed by atoms with Crippen LogP contribution in [-0.4, -0.2) is 70.0 Å². The molecular weight excluding hydrogens is 604 g/mol. The third kappa shape index (κ3) is 10.9. The van der Waals surface area contributed by atoms with Gasteiger partial charge in [0.1, 0.15) is 12.1 Å². The molecule has 11 heteroatoms. The molecule has 1 aliphatic rings. The third-order valence-corrected chi connectivity index (χ3v) is 9.38. The van der Waals surface area contributed by atoms with Crippen LogP contribution in [0.3, 0.4) is 0 Å². The number of nitrogens with zero attached hydrogens (tertiary/aromatic N) is 2. The fourth-order valence-corrected chi connectivity index (χ4v) is 6.56. The number of thiazole rings is 1. The maximum absolute atomic E-state index is 13.9. The Kier molecular flexibility index (Phi) is 14.2. The van der Waals surface area contributed by atoms with Crippen LogP contribution >= 0.6 is 11.3 Å². The number of aryl methyl sites for hydroxylation is 1. The number of rotatable bonds is 16. The second-order valence-electron chi connectivity index (χ2n) is 13.3. The van der Waals surface area contributed by atoms with E-state index in [2.05, 4.69) is 15.6 Å². The summed E-state index contributed by atoms with van der Waals surface area (Å²) < 4.78 is 4.94. The van der Waals surface area contributed by atoms with Gasteiger partial charge in [0, 0.05) is 25.8 Å². The number of aliphatic hydroxyl groups excluding tert-OH is 1. The van der Waals surface area contributed by atoms with Crippen molar-refractivity contribution < 1.29 is 29.0 Å². The molecule has 1 saturated heterocycles. The molecule has 1 aromatic carbocycles. The molecule has 3 N–H and O–H groups in total. The molecule has 4 unspecified atom stereocenters. The summed E-state index contributed by atoms with van der Waals surface area (Å²) in [6.45, 7) is 11.8. The Bertz CT molecular complexity index is 1300. The second-order valence-corrected chi connectivity index (χ2v) is 14.2. The highest BCUT2D eigenvalue weighted by atomic mass is 32.1. The molecule has 0 saturated carbocycles. The lowest BCUT2D eigenvalue weighted by Crippen LogP contribution is -2.57. The number of ether oxygens (including phenoxy) is 1. The van der Waals surface area contributed by atoms with Crippen molar-refractivity contribution in [1.82, 2.24) is 20.5 Å². The molecule has 4 atom stereocenters. The molecule has 3 rings (SSSR count). The van der Waals surface area contributed by atoms with E-state index in [1.165, 1.54) is 4.90 Å². The number of β-amino-alcohol motifs (C(OH)–C–C–N with tert-alkyl or cyclic N) is 1. The number of likely N-dealkylation sites (tertiary alicyclic amines) is 1. The highest BCUT2D eigenvalue weighted by Gasteiger charge is 2.44. The van der Waals surface area contributed by atoms with E-state index in [0.717, 1.165) is 53.8 Å². The Labute approximate surface area is 277 Å². The first-order chi connectivity index (χ1) is 21.8. The SMILES string of the molecule is CCOC(=O)CCCCCCCCC(=O)NC(C(=O)N1CC(O)CC1C(=O)NC(C)c1ccc(-c2scnc2C)cc1)C(C)(C)C. The van der Waals surface area contributed by atoms with Gasteiger partial charge in [-0.05, 0) is 50.2 Å². The van der Waals surface area contributed by atoms with Crippen LogP contribution in [0.5, 0.6) is 0 Å². The quantitative estimate of drug-likeness (QED) is 0.161. The normalized spacial score (nSPS) is 17.8. The van der Waals surface area contributed by atoms with Crippen molar-refractivity contribution in [3.8, 4) is 10.4 Å². The van der Waals surface area contributed by atoms with Gasteiger partial charge >= 0.3 is 5.97 Å². The topological polar surface area (TPSA) is 138 Å². The summed E-state index contributed by atoms with van der Waals surface area (Å²) in [6, 6.07) is 5.98. The van der Waals surface area contributed by atoms with Crippen LogP contribution in [-0.2, 0) is 23.9 Å². The number of nitrogens with one attached hydrogen (secondary N) is 2. The van der Waals surface area contributed by atoms with Crippen LogP contribution in [0.4, 0.5) is 0 Å². The van der Waals surface area contributed by atoms with Crippen molar-refractivity contribution in [3.63, 3.8) is 0 Å². The van der Waals surface area contributed by atoms with E-state index in [-0.39, 0.29) is 42.7 Å². The number of carbonyl (C=O) groups is 4. The number of aliphatic hydroxyl groups is 1.